The lowest BCUT2D eigenvalue weighted by Gasteiger charge is -2.12. The molecule has 3 rings (SSSR count). The van der Waals surface area contributed by atoms with Gasteiger partial charge >= 0.3 is 0 Å². The molecule has 3 heterocycles. The third kappa shape index (κ3) is 5.83. The number of nitrogens with one attached hydrogen (secondary N) is 2. The molecule has 26 heavy (non-hydrogen) atoms. The Bertz CT molecular complexity index is 691. The third-order valence-corrected chi connectivity index (χ3v) is 5.21. The summed E-state index contributed by atoms with van der Waals surface area (Å²) in [5, 5.41) is 14.2. The fourth-order valence-electron chi connectivity index (χ4n) is 2.83. The Morgan fingerprint density at radius 3 is 2.81 bits per heavy atom. The van der Waals surface area contributed by atoms with E-state index in [9.17, 15) is 0 Å². The smallest absolute Gasteiger partial charge is 0.191 e. The lowest BCUT2D eigenvalue weighted by molar-refractivity contribution is 0.706. The molecule has 1 fully saturated rings. The molecule has 0 radical (unpaired) electrons. The fraction of sp³-hybridized carbons (Fsp3) is 0.588. The van der Waals surface area contributed by atoms with Crippen LogP contribution in [0.4, 0.5) is 5.13 Å². The van der Waals surface area contributed by atoms with Crippen LogP contribution >= 0.6 is 35.3 Å². The molecule has 0 amide bonds. The zero-order valence-electron chi connectivity index (χ0n) is 15.4. The number of guanidine groups is 1. The van der Waals surface area contributed by atoms with Gasteiger partial charge in [0.1, 0.15) is 0 Å². The molecule has 0 unspecified atom stereocenters. The number of hydrogen-bond acceptors (Lipinski definition) is 5. The Morgan fingerprint density at radius 1 is 1.31 bits per heavy atom. The number of thiazole rings is 1. The van der Waals surface area contributed by atoms with Crippen molar-refractivity contribution in [3.8, 4) is 0 Å². The van der Waals surface area contributed by atoms with Crippen LogP contribution in [0, 0.1) is 0 Å². The molecular weight excluding hydrogens is 461 g/mol. The standard InChI is InChI=1S/C17H27N7S.HI/c1-3-18-16(20-12-15-7-9-21-23(15)2)19-8-6-14-13-25-17(22-14)24-10-4-5-11-24;/h7,9,13H,3-6,8,10-12H2,1-2H3,(H2,18,19,20);1H. The number of hydrogen-bond donors (Lipinski definition) is 2. The van der Waals surface area contributed by atoms with Gasteiger partial charge in [0.2, 0.25) is 0 Å². The van der Waals surface area contributed by atoms with E-state index < -0.39 is 0 Å². The molecule has 2 N–H and O–H groups in total. The summed E-state index contributed by atoms with van der Waals surface area (Å²) >= 11 is 1.76. The zero-order valence-corrected chi connectivity index (χ0v) is 18.6. The van der Waals surface area contributed by atoms with Crippen molar-refractivity contribution in [2.75, 3.05) is 31.1 Å². The summed E-state index contributed by atoms with van der Waals surface area (Å²) in [5.74, 6) is 0.832. The van der Waals surface area contributed by atoms with Crippen LogP contribution in [0.2, 0.25) is 0 Å². The van der Waals surface area contributed by atoms with Crippen LogP contribution in [0.1, 0.15) is 31.2 Å². The lowest BCUT2D eigenvalue weighted by Crippen LogP contribution is -2.38. The Hall–Kier alpha value is -1.36. The molecule has 9 heteroatoms. The minimum Gasteiger partial charge on any atom is -0.357 e. The topological polar surface area (TPSA) is 70.4 Å². The summed E-state index contributed by atoms with van der Waals surface area (Å²) in [6.07, 6.45) is 5.27. The highest BCUT2D eigenvalue weighted by Gasteiger charge is 2.15. The second-order valence-corrected chi connectivity index (χ2v) is 6.97. The summed E-state index contributed by atoms with van der Waals surface area (Å²) < 4.78 is 1.85. The van der Waals surface area contributed by atoms with Gasteiger partial charge in [-0.3, -0.25) is 4.68 Å². The van der Waals surface area contributed by atoms with Gasteiger partial charge in [0.25, 0.3) is 0 Å². The Morgan fingerprint density at radius 2 is 2.12 bits per heavy atom. The van der Waals surface area contributed by atoms with Crippen molar-refractivity contribution in [2.24, 2.45) is 12.0 Å². The predicted octanol–water partition coefficient (Wildman–Crippen LogP) is 2.39. The van der Waals surface area contributed by atoms with Gasteiger partial charge in [-0.15, -0.1) is 35.3 Å². The van der Waals surface area contributed by atoms with E-state index in [0.29, 0.717) is 6.54 Å². The van der Waals surface area contributed by atoms with Crippen LogP contribution in [-0.2, 0) is 20.0 Å². The van der Waals surface area contributed by atoms with Crippen molar-refractivity contribution >= 4 is 46.4 Å². The van der Waals surface area contributed by atoms with Crippen LogP contribution in [0.25, 0.3) is 0 Å². The maximum Gasteiger partial charge on any atom is 0.191 e. The molecule has 0 saturated carbocycles. The molecule has 2 aromatic heterocycles. The molecule has 0 aromatic carbocycles. The van der Waals surface area contributed by atoms with E-state index in [4.69, 9.17) is 4.98 Å². The van der Waals surface area contributed by atoms with Gasteiger partial charge in [-0.1, -0.05) is 0 Å². The number of aliphatic imine (C=N–C) groups is 1. The highest BCUT2D eigenvalue weighted by Crippen LogP contribution is 2.24. The van der Waals surface area contributed by atoms with Gasteiger partial charge in [0, 0.05) is 51.2 Å². The van der Waals surface area contributed by atoms with Gasteiger partial charge in [-0.2, -0.15) is 5.10 Å². The van der Waals surface area contributed by atoms with Crippen molar-refractivity contribution in [3.63, 3.8) is 0 Å². The number of aromatic nitrogens is 3. The first kappa shape index (κ1) is 20.9. The van der Waals surface area contributed by atoms with Gasteiger partial charge < -0.3 is 15.5 Å². The van der Waals surface area contributed by atoms with Crippen molar-refractivity contribution in [3.05, 3.63) is 29.0 Å². The van der Waals surface area contributed by atoms with Crippen LogP contribution in [0.15, 0.2) is 22.6 Å². The number of aryl methyl sites for hydroxylation is 1. The molecule has 0 bridgehead atoms. The number of anilines is 1. The first-order valence-corrected chi connectivity index (χ1v) is 9.82. The molecule has 2 aromatic rings. The average Bonchev–Trinajstić information content (AvgIpc) is 3.34. The third-order valence-electron chi connectivity index (χ3n) is 4.26. The molecule has 144 valence electrons. The molecule has 0 spiro atoms. The summed E-state index contributed by atoms with van der Waals surface area (Å²) in [6.45, 7) is 6.64. The van der Waals surface area contributed by atoms with Crippen LogP contribution in [0.5, 0.6) is 0 Å². The molecule has 0 aliphatic carbocycles. The van der Waals surface area contributed by atoms with E-state index in [0.717, 1.165) is 49.9 Å². The Kier molecular flexibility index (Phi) is 8.63. The summed E-state index contributed by atoms with van der Waals surface area (Å²) in [5.41, 5.74) is 2.24. The first-order valence-electron chi connectivity index (χ1n) is 8.94. The van der Waals surface area contributed by atoms with E-state index in [1.807, 2.05) is 17.8 Å². The molecule has 1 saturated heterocycles. The monoisotopic (exact) mass is 489 g/mol. The average molecular weight is 489 g/mol. The van der Waals surface area contributed by atoms with E-state index in [1.54, 1.807) is 17.5 Å². The summed E-state index contributed by atoms with van der Waals surface area (Å²) in [7, 11) is 1.94. The SMILES string of the molecule is CCNC(=NCc1ccnn1C)NCCc1csc(N2CCCC2)n1.I. The molecular formula is C17H28IN7S. The molecule has 1 aliphatic rings. The summed E-state index contributed by atoms with van der Waals surface area (Å²) in [4.78, 5) is 11.8. The normalized spacial score (nSPS) is 14.4. The first-order chi connectivity index (χ1) is 12.3. The van der Waals surface area contributed by atoms with Crippen LogP contribution in [0.3, 0.4) is 0 Å². The highest BCUT2D eigenvalue weighted by molar-refractivity contribution is 14.0. The minimum atomic E-state index is 0. The van der Waals surface area contributed by atoms with Crippen LogP contribution < -0.4 is 15.5 Å². The second kappa shape index (κ2) is 10.7. The highest BCUT2D eigenvalue weighted by atomic mass is 127. The molecule has 7 nitrogen and oxygen atoms in total. The minimum absolute atomic E-state index is 0. The van der Waals surface area contributed by atoms with Crippen LogP contribution in [-0.4, -0.2) is 46.9 Å². The lowest BCUT2D eigenvalue weighted by atomic mass is 10.3. The van der Waals surface area contributed by atoms with E-state index >= 15 is 0 Å². The van der Waals surface area contributed by atoms with E-state index in [-0.39, 0.29) is 24.0 Å². The predicted molar refractivity (Wildman–Crippen MR) is 119 cm³/mol. The molecule has 1 aliphatic heterocycles. The number of nitrogens with zero attached hydrogens (tertiary/aromatic N) is 5. The fourth-order valence-corrected chi connectivity index (χ4v) is 3.75. The quantitative estimate of drug-likeness (QED) is 0.355. The number of rotatable bonds is 7. The Labute approximate surface area is 176 Å². The maximum atomic E-state index is 4.77. The van der Waals surface area contributed by atoms with Crippen molar-refractivity contribution in [1.29, 1.82) is 0 Å². The van der Waals surface area contributed by atoms with Crippen molar-refractivity contribution < 1.29 is 0 Å². The van der Waals surface area contributed by atoms with Gasteiger partial charge in [0.05, 0.1) is 17.9 Å². The summed E-state index contributed by atoms with van der Waals surface area (Å²) in [6, 6.07) is 1.99. The maximum absolute atomic E-state index is 4.77. The largest absolute Gasteiger partial charge is 0.357 e. The van der Waals surface area contributed by atoms with Crippen molar-refractivity contribution in [1.82, 2.24) is 25.4 Å². The second-order valence-electron chi connectivity index (χ2n) is 6.13. The zero-order chi connectivity index (χ0) is 17.5. The van der Waals surface area contributed by atoms with E-state index in [2.05, 4.69) is 37.9 Å². The van der Waals surface area contributed by atoms with Crippen molar-refractivity contribution in [2.45, 2.75) is 32.7 Å². The molecule has 0 atom stereocenters. The van der Waals surface area contributed by atoms with Gasteiger partial charge in [-0.25, -0.2) is 9.98 Å². The Balaban J connectivity index is 0.00000243. The van der Waals surface area contributed by atoms with Gasteiger partial charge in [-0.05, 0) is 25.8 Å². The van der Waals surface area contributed by atoms with E-state index in [1.165, 1.54) is 18.0 Å². The van der Waals surface area contributed by atoms with Gasteiger partial charge in [0.15, 0.2) is 11.1 Å². The number of halogens is 1.